The van der Waals surface area contributed by atoms with Crippen LogP contribution in [0.4, 0.5) is 11.4 Å². The summed E-state index contributed by atoms with van der Waals surface area (Å²) >= 11 is 0. The summed E-state index contributed by atoms with van der Waals surface area (Å²) in [5.74, 6) is 1.75. The van der Waals surface area contributed by atoms with Crippen LogP contribution in [0.5, 0.6) is 11.5 Å². The number of benzene rings is 2. The van der Waals surface area contributed by atoms with E-state index in [0.29, 0.717) is 0 Å². The van der Waals surface area contributed by atoms with Gasteiger partial charge >= 0.3 is 0 Å². The van der Waals surface area contributed by atoms with Crippen LogP contribution in [0.25, 0.3) is 0 Å². The topological polar surface area (TPSA) is 56.5 Å². The lowest BCUT2D eigenvalue weighted by molar-refractivity contribution is 0.242. The van der Waals surface area contributed by atoms with Gasteiger partial charge in [0.1, 0.15) is 11.5 Å². The Labute approximate surface area is 139 Å². The van der Waals surface area contributed by atoms with Gasteiger partial charge in [0.05, 0.1) is 12.2 Å². The molecule has 0 saturated carbocycles. The van der Waals surface area contributed by atoms with Crippen LogP contribution >= 0.6 is 0 Å². The number of nitrogen functional groups attached to an aromatic ring is 1. The quantitative estimate of drug-likeness (QED) is 0.793. The second-order valence-electron chi connectivity index (χ2n) is 5.68. The molecule has 4 heteroatoms. The molecular weight excluding hydrogens is 288 g/mol. The molecule has 4 nitrogen and oxygen atoms in total. The van der Waals surface area contributed by atoms with Crippen molar-refractivity contribution in [2.75, 3.05) is 18.1 Å². The van der Waals surface area contributed by atoms with E-state index < -0.39 is 0 Å². The first-order valence-corrected chi connectivity index (χ1v) is 7.87. The summed E-state index contributed by atoms with van der Waals surface area (Å²) in [6.45, 7) is 8.02. The van der Waals surface area contributed by atoms with Gasteiger partial charge in [0.15, 0.2) is 0 Å². The molecule has 0 radical (unpaired) electrons. The van der Waals surface area contributed by atoms with Crippen molar-refractivity contribution < 1.29 is 9.47 Å². The van der Waals surface area contributed by atoms with Crippen LogP contribution in [0.1, 0.15) is 27.7 Å². The van der Waals surface area contributed by atoms with Gasteiger partial charge in [-0.15, -0.1) is 0 Å². The largest absolute Gasteiger partial charge is 0.491 e. The summed E-state index contributed by atoms with van der Waals surface area (Å²) in [7, 11) is 1.90. The van der Waals surface area contributed by atoms with E-state index in [4.69, 9.17) is 15.2 Å². The molecule has 0 aliphatic carbocycles. The lowest BCUT2D eigenvalue weighted by Gasteiger charge is -2.10. The first kappa shape index (κ1) is 18.7. The Hall–Kier alpha value is -2.36. The Bertz CT molecular complexity index is 583. The highest BCUT2D eigenvalue weighted by Gasteiger charge is 1.97. The Morgan fingerprint density at radius 3 is 1.83 bits per heavy atom. The normalized spacial score (nSPS) is 10.0. The molecule has 0 aromatic heterocycles. The molecular formula is C19H28N2O2. The predicted octanol–water partition coefficient (Wildman–Crippen LogP) is 4.57. The lowest BCUT2D eigenvalue weighted by atomic mass is 10.3. The van der Waals surface area contributed by atoms with Gasteiger partial charge in [0, 0.05) is 30.6 Å². The van der Waals surface area contributed by atoms with Crippen LogP contribution in [-0.2, 0) is 0 Å². The number of anilines is 2. The summed E-state index contributed by atoms with van der Waals surface area (Å²) in [6, 6.07) is 15.4. The number of hydrogen-bond acceptors (Lipinski definition) is 4. The van der Waals surface area contributed by atoms with Crippen molar-refractivity contribution in [1.29, 1.82) is 0 Å². The highest BCUT2D eigenvalue weighted by atomic mass is 16.5. The minimum atomic E-state index is 0.205. The third-order valence-electron chi connectivity index (χ3n) is 2.72. The van der Waals surface area contributed by atoms with Gasteiger partial charge in [-0.3, -0.25) is 0 Å². The van der Waals surface area contributed by atoms with Crippen molar-refractivity contribution in [3.05, 3.63) is 48.5 Å². The van der Waals surface area contributed by atoms with E-state index in [1.54, 1.807) is 0 Å². The summed E-state index contributed by atoms with van der Waals surface area (Å²) in [4.78, 5) is 0. The molecule has 0 bridgehead atoms. The van der Waals surface area contributed by atoms with Crippen LogP contribution < -0.4 is 20.5 Å². The fourth-order valence-corrected chi connectivity index (χ4v) is 1.86. The van der Waals surface area contributed by atoms with Gasteiger partial charge in [0.25, 0.3) is 0 Å². The molecule has 2 rings (SSSR count). The molecule has 3 N–H and O–H groups in total. The van der Waals surface area contributed by atoms with E-state index >= 15 is 0 Å². The van der Waals surface area contributed by atoms with E-state index in [2.05, 4.69) is 5.32 Å². The molecule has 0 aliphatic heterocycles. The van der Waals surface area contributed by atoms with E-state index in [0.717, 1.165) is 22.9 Å². The number of hydrogen-bond donors (Lipinski definition) is 2. The second kappa shape index (κ2) is 9.62. The molecule has 126 valence electrons. The van der Waals surface area contributed by atoms with Crippen molar-refractivity contribution in [3.63, 3.8) is 0 Å². The maximum absolute atomic E-state index is 5.55. The van der Waals surface area contributed by atoms with Gasteiger partial charge in [-0.1, -0.05) is 12.1 Å². The smallest absolute Gasteiger partial charge is 0.121 e. The molecule has 0 atom stereocenters. The average Bonchev–Trinajstić information content (AvgIpc) is 2.47. The molecule has 0 unspecified atom stereocenters. The number of nitrogens with two attached hydrogens (primary N) is 1. The van der Waals surface area contributed by atoms with Crippen LogP contribution in [0.3, 0.4) is 0 Å². The van der Waals surface area contributed by atoms with Crippen LogP contribution in [0.15, 0.2) is 48.5 Å². The first-order valence-electron chi connectivity index (χ1n) is 7.87. The molecule has 0 aliphatic rings. The van der Waals surface area contributed by atoms with Gasteiger partial charge in [-0.25, -0.2) is 0 Å². The monoisotopic (exact) mass is 316 g/mol. The van der Waals surface area contributed by atoms with Crippen molar-refractivity contribution in [3.8, 4) is 11.5 Å². The number of nitrogens with one attached hydrogen (secondary N) is 1. The van der Waals surface area contributed by atoms with Gasteiger partial charge in [0.2, 0.25) is 0 Å². The Morgan fingerprint density at radius 2 is 1.35 bits per heavy atom. The van der Waals surface area contributed by atoms with Crippen LogP contribution in [-0.4, -0.2) is 19.3 Å². The summed E-state index contributed by atoms with van der Waals surface area (Å²) < 4.78 is 10.9. The zero-order valence-electron chi connectivity index (χ0n) is 14.7. The van der Waals surface area contributed by atoms with Crippen molar-refractivity contribution in [2.24, 2.45) is 0 Å². The second-order valence-corrected chi connectivity index (χ2v) is 5.68. The molecule has 23 heavy (non-hydrogen) atoms. The lowest BCUT2D eigenvalue weighted by Crippen LogP contribution is -2.05. The van der Waals surface area contributed by atoms with Crippen molar-refractivity contribution in [1.82, 2.24) is 0 Å². The van der Waals surface area contributed by atoms with Crippen LogP contribution in [0, 0.1) is 0 Å². The van der Waals surface area contributed by atoms with Crippen LogP contribution in [0.2, 0.25) is 0 Å². The predicted molar refractivity (Wildman–Crippen MR) is 98.4 cm³/mol. The molecule has 0 spiro atoms. The Morgan fingerprint density at radius 1 is 0.826 bits per heavy atom. The zero-order chi connectivity index (χ0) is 17.2. The fraction of sp³-hybridized carbons (Fsp3) is 0.368. The number of rotatable bonds is 5. The SMILES string of the molecule is CC(C)Oc1cccc(N)c1.CNc1cccc(OC(C)C)c1. The minimum absolute atomic E-state index is 0.205. The summed E-state index contributed by atoms with van der Waals surface area (Å²) in [5.41, 5.74) is 7.37. The molecule has 2 aromatic rings. The maximum atomic E-state index is 5.55. The minimum Gasteiger partial charge on any atom is -0.491 e. The standard InChI is InChI=1S/C10H15NO.C9H13NO/c1-8(2)12-10-6-4-5-9(7-10)11-3;1-7(2)11-9-5-3-4-8(10)6-9/h4-8,11H,1-3H3;3-7H,10H2,1-2H3. The van der Waals surface area contributed by atoms with Gasteiger partial charge in [-0.05, 0) is 52.0 Å². The molecule has 0 amide bonds. The van der Waals surface area contributed by atoms with Gasteiger partial charge in [-0.2, -0.15) is 0 Å². The highest BCUT2D eigenvalue weighted by molar-refractivity contribution is 5.47. The zero-order valence-corrected chi connectivity index (χ0v) is 14.7. The number of ether oxygens (including phenoxy) is 2. The van der Waals surface area contributed by atoms with E-state index in [1.165, 1.54) is 0 Å². The van der Waals surface area contributed by atoms with E-state index in [1.807, 2.05) is 83.3 Å². The summed E-state index contributed by atoms with van der Waals surface area (Å²) in [5, 5.41) is 3.06. The Balaban J connectivity index is 0.000000231. The molecule has 0 fully saturated rings. The molecule has 0 saturated heterocycles. The molecule has 2 aromatic carbocycles. The highest BCUT2D eigenvalue weighted by Crippen LogP contribution is 2.17. The van der Waals surface area contributed by atoms with E-state index in [-0.39, 0.29) is 12.2 Å². The fourth-order valence-electron chi connectivity index (χ4n) is 1.86. The third-order valence-corrected chi connectivity index (χ3v) is 2.72. The average molecular weight is 316 g/mol. The third kappa shape index (κ3) is 8.00. The van der Waals surface area contributed by atoms with Crippen molar-refractivity contribution in [2.45, 2.75) is 39.9 Å². The first-order chi connectivity index (χ1) is 10.9. The van der Waals surface area contributed by atoms with Crippen molar-refractivity contribution >= 4 is 11.4 Å². The van der Waals surface area contributed by atoms with Gasteiger partial charge < -0.3 is 20.5 Å². The summed E-state index contributed by atoms with van der Waals surface area (Å²) in [6.07, 6.45) is 0.439. The van der Waals surface area contributed by atoms with E-state index in [9.17, 15) is 0 Å². The maximum Gasteiger partial charge on any atom is 0.121 e. The Kier molecular flexibility index (Phi) is 7.81. The molecule has 0 heterocycles.